The summed E-state index contributed by atoms with van der Waals surface area (Å²) in [6, 6.07) is 17.1. The molecule has 14 heteroatoms. The molecule has 2 aliphatic carbocycles. The molecule has 0 amide bonds. The lowest BCUT2D eigenvalue weighted by atomic mass is 9.97. The Balaban J connectivity index is 0.000000365. The van der Waals surface area contributed by atoms with Gasteiger partial charge in [0.15, 0.2) is 0 Å². The topological polar surface area (TPSA) is 114 Å². The molecule has 53 heavy (non-hydrogen) atoms. The van der Waals surface area contributed by atoms with Crippen LogP contribution in [0, 0.1) is 13.1 Å². The molecule has 9 nitrogen and oxygen atoms in total. The number of nitrogens with zero attached hydrogens (tertiary/aromatic N) is 2. The zero-order valence-corrected chi connectivity index (χ0v) is 34.7. The molecule has 0 saturated carbocycles. The summed E-state index contributed by atoms with van der Waals surface area (Å²) in [6.07, 6.45) is 1.97. The quantitative estimate of drug-likeness (QED) is 0.136. The zero-order chi connectivity index (χ0) is 38.9. The molecule has 0 aliphatic heterocycles. The van der Waals surface area contributed by atoms with Crippen LogP contribution in [0.25, 0.3) is 9.69 Å². The molecule has 3 aromatic rings. The maximum atomic E-state index is 11.9. The lowest BCUT2D eigenvalue weighted by molar-refractivity contribution is -0.149. The Bertz CT molecular complexity index is 1800. The number of hydrogen-bond acceptors (Lipinski definition) is 7. The van der Waals surface area contributed by atoms with Gasteiger partial charge in [-0.1, -0.05) is 102 Å². The second kappa shape index (κ2) is 23.6. The van der Waals surface area contributed by atoms with Gasteiger partial charge >= 0.3 is 30.0 Å². The van der Waals surface area contributed by atoms with Crippen molar-refractivity contribution in [3.05, 3.63) is 113 Å². The lowest BCUT2D eigenvalue weighted by Crippen LogP contribution is -2.50. The van der Waals surface area contributed by atoms with Crippen molar-refractivity contribution in [2.45, 2.75) is 75.6 Å². The number of rotatable bonds is 8. The number of esters is 3. The van der Waals surface area contributed by atoms with Crippen LogP contribution in [0.4, 0.5) is 0 Å². The molecule has 2 unspecified atom stereocenters. The van der Waals surface area contributed by atoms with Crippen LogP contribution in [-0.4, -0.2) is 55.4 Å². The number of benzene rings is 3. The Labute approximate surface area is 344 Å². The largest absolute Gasteiger partial charge is 0.465 e. The molecule has 0 bridgehead atoms. The van der Waals surface area contributed by atoms with E-state index in [1.54, 1.807) is 26.8 Å². The molecular weight excluding hydrogens is 873 g/mol. The molecule has 0 fully saturated rings. The standard InChI is InChI=1S/C13H13ClNO2.C12H14ClNO2.C8H7Br2Cl.C5H8NO2.CH4/c1-3-17-12(16)13(15-2)7-9-4-5-11(14)6-10(9)8-13;1-2-16-11(15)12(14)6-8-3-4-10(13)5-9(8)7-12;9-4-6-1-2-8(11)3-7(6)5-10;1-3-8-5(7)4-6-2;/h2,4-6H,3,7-8H2,1H3;3-5H,2,6-7,14H2,1H3;1-3H,4-5H2;2H,3-4H2,1H3;1H4/q+1;;;+1;. The van der Waals surface area contributed by atoms with E-state index in [2.05, 4.69) is 52.9 Å². The van der Waals surface area contributed by atoms with Gasteiger partial charge in [0.1, 0.15) is 5.54 Å². The van der Waals surface area contributed by atoms with E-state index < -0.39 is 11.1 Å². The first-order valence-electron chi connectivity index (χ1n) is 16.3. The van der Waals surface area contributed by atoms with Crippen LogP contribution in [-0.2, 0) is 64.9 Å². The summed E-state index contributed by atoms with van der Waals surface area (Å²) in [5, 5.41) is 3.86. The molecule has 0 spiro atoms. The molecule has 5 rings (SSSR count). The fourth-order valence-electron chi connectivity index (χ4n) is 5.40. The summed E-state index contributed by atoms with van der Waals surface area (Å²) in [4.78, 5) is 40.8. The van der Waals surface area contributed by atoms with E-state index in [0.717, 1.165) is 37.9 Å². The van der Waals surface area contributed by atoms with E-state index in [9.17, 15) is 14.4 Å². The average Bonchev–Trinajstić information content (AvgIpc) is 3.67. The van der Waals surface area contributed by atoms with E-state index in [-0.39, 0.29) is 31.9 Å². The van der Waals surface area contributed by atoms with Gasteiger partial charge in [-0.2, -0.15) is 0 Å². The summed E-state index contributed by atoms with van der Waals surface area (Å²) in [5.41, 5.74) is 10.9. The van der Waals surface area contributed by atoms with Gasteiger partial charge in [0.2, 0.25) is 0 Å². The van der Waals surface area contributed by atoms with E-state index in [4.69, 9.17) is 56.6 Å². The van der Waals surface area contributed by atoms with Crippen molar-refractivity contribution < 1.29 is 28.6 Å². The van der Waals surface area contributed by atoms with Crippen LogP contribution in [0.15, 0.2) is 54.6 Å². The van der Waals surface area contributed by atoms with Gasteiger partial charge in [-0.15, -0.1) is 0 Å². The maximum Gasteiger partial charge on any atom is 0.398 e. The highest BCUT2D eigenvalue weighted by Gasteiger charge is 2.55. The average molecular weight is 919 g/mol. The molecule has 3 aromatic carbocycles. The number of fused-ring (bicyclic) bond motifs is 2. The van der Waals surface area contributed by atoms with Crippen LogP contribution in [0.5, 0.6) is 0 Å². The minimum absolute atomic E-state index is 0. The maximum absolute atomic E-state index is 11.9. The number of carbonyl (C=O) groups is 3. The molecule has 0 heterocycles. The monoisotopic (exact) mass is 915 g/mol. The van der Waals surface area contributed by atoms with Crippen molar-refractivity contribution in [2.75, 3.05) is 26.4 Å². The van der Waals surface area contributed by atoms with Crippen LogP contribution in [0.3, 0.4) is 0 Å². The van der Waals surface area contributed by atoms with Gasteiger partial charge in [0.25, 0.3) is 13.1 Å². The Morgan fingerprint density at radius 3 is 1.66 bits per heavy atom. The molecule has 0 radical (unpaired) electrons. The summed E-state index contributed by atoms with van der Waals surface area (Å²) < 4.78 is 14.5. The summed E-state index contributed by atoms with van der Waals surface area (Å²) in [7, 11) is 0. The highest BCUT2D eigenvalue weighted by atomic mass is 79.9. The first kappa shape index (κ1) is 47.9. The molecule has 0 aromatic heterocycles. The van der Waals surface area contributed by atoms with Gasteiger partial charge in [-0.05, 0) is 90.6 Å². The third-order valence-electron chi connectivity index (χ3n) is 7.88. The van der Waals surface area contributed by atoms with E-state index >= 15 is 0 Å². The van der Waals surface area contributed by atoms with Crippen molar-refractivity contribution in [1.82, 2.24) is 0 Å². The SMILES string of the molecule is C.C#[N+]C1(C(=O)OCC)Cc2ccc(Cl)cc2C1.C#[N+]CC(=O)OCC.CCOC(=O)C1(N)Cc2ccc(Cl)cc2C1.Clc1ccc(CBr)c(CBr)c1. The molecule has 2 atom stereocenters. The second-order valence-electron chi connectivity index (χ2n) is 11.6. The Kier molecular flexibility index (Phi) is 21.3. The Hall–Kier alpha value is -3.16. The minimum Gasteiger partial charge on any atom is -0.465 e. The minimum atomic E-state index is -0.969. The lowest BCUT2D eigenvalue weighted by Gasteiger charge is -2.20. The first-order valence-corrected chi connectivity index (χ1v) is 19.6. The number of hydrogen-bond donors (Lipinski definition) is 1. The fraction of sp³-hybridized carbons (Fsp3) is 0.410. The fourth-order valence-corrected chi connectivity index (χ4v) is 7.05. The molecular formula is C39H46Br2Cl3N3O6+2. The number of ether oxygens (including phenoxy) is 3. The van der Waals surface area contributed by atoms with E-state index in [0.29, 0.717) is 55.5 Å². The summed E-state index contributed by atoms with van der Waals surface area (Å²) in [6.45, 7) is 16.4. The van der Waals surface area contributed by atoms with E-state index in [1.807, 2.05) is 48.5 Å². The molecule has 2 N–H and O–H groups in total. The summed E-state index contributed by atoms with van der Waals surface area (Å²) >= 11 is 24.5. The number of alkyl halides is 2. The van der Waals surface area contributed by atoms with Gasteiger partial charge < -0.3 is 19.9 Å². The van der Waals surface area contributed by atoms with Crippen LogP contribution in [0.2, 0.25) is 15.1 Å². The van der Waals surface area contributed by atoms with Gasteiger partial charge in [0, 0.05) is 38.6 Å². The second-order valence-corrected chi connectivity index (χ2v) is 14.0. The van der Waals surface area contributed by atoms with Crippen molar-refractivity contribution >= 4 is 84.6 Å². The molecule has 286 valence electrons. The molecule has 2 aliphatic rings. The zero-order valence-electron chi connectivity index (χ0n) is 29.2. The van der Waals surface area contributed by atoms with Crippen molar-refractivity contribution in [3.63, 3.8) is 0 Å². The van der Waals surface area contributed by atoms with E-state index in [1.165, 1.54) is 11.1 Å². The summed E-state index contributed by atoms with van der Waals surface area (Å²) in [5.74, 6) is -1.08. The first-order chi connectivity index (χ1) is 24.7. The predicted molar refractivity (Wildman–Crippen MR) is 222 cm³/mol. The number of halogens is 5. The smallest absolute Gasteiger partial charge is 0.398 e. The van der Waals surface area contributed by atoms with Crippen molar-refractivity contribution in [1.29, 1.82) is 0 Å². The third kappa shape index (κ3) is 14.2. The third-order valence-corrected chi connectivity index (χ3v) is 9.79. The van der Waals surface area contributed by atoms with Gasteiger partial charge in [-0.25, -0.2) is 9.59 Å². The number of carbonyl (C=O) groups excluding carboxylic acids is 3. The van der Waals surface area contributed by atoms with Crippen molar-refractivity contribution in [2.24, 2.45) is 5.73 Å². The van der Waals surface area contributed by atoms with Crippen LogP contribution in [0.1, 0.15) is 61.6 Å². The number of nitrogens with two attached hydrogens (primary N) is 1. The van der Waals surface area contributed by atoms with Gasteiger partial charge in [0.05, 0.1) is 32.7 Å². The van der Waals surface area contributed by atoms with Crippen LogP contribution < -0.4 is 5.73 Å². The van der Waals surface area contributed by atoms with Crippen LogP contribution >= 0.6 is 66.7 Å². The van der Waals surface area contributed by atoms with Gasteiger partial charge in [-0.3, -0.25) is 4.79 Å². The predicted octanol–water partition coefficient (Wildman–Crippen LogP) is 9.68. The highest BCUT2D eigenvalue weighted by Crippen LogP contribution is 2.36. The van der Waals surface area contributed by atoms with Crippen molar-refractivity contribution in [3.8, 4) is 13.1 Å². The normalized spacial score (nSPS) is 17.1. The molecule has 0 saturated heterocycles. The Morgan fingerprint density at radius 1 is 0.698 bits per heavy atom. The Morgan fingerprint density at radius 2 is 1.15 bits per heavy atom. The highest BCUT2D eigenvalue weighted by molar-refractivity contribution is 9.09.